The second-order valence-electron chi connectivity index (χ2n) is 5.91. The first kappa shape index (κ1) is 19.2. The molecule has 1 aliphatic carbocycles. The van der Waals surface area contributed by atoms with Crippen LogP contribution in [0.4, 0.5) is 0 Å². The lowest BCUT2D eigenvalue weighted by molar-refractivity contribution is -0.143. The maximum atomic E-state index is 12.1. The number of carboxylic acid groups (broad SMARTS) is 1. The number of carboxylic acids is 1. The third-order valence-electron chi connectivity index (χ3n) is 4.02. The van der Waals surface area contributed by atoms with E-state index in [4.69, 9.17) is 9.84 Å². The van der Waals surface area contributed by atoms with Crippen molar-refractivity contribution in [3.8, 4) is 5.75 Å². The number of rotatable bonds is 10. The maximum absolute atomic E-state index is 12.1. The second-order valence-corrected chi connectivity index (χ2v) is 7.68. The highest BCUT2D eigenvalue weighted by Crippen LogP contribution is 2.45. The molecule has 138 valence electrons. The molecule has 3 N–H and O–H groups in total. The van der Waals surface area contributed by atoms with Gasteiger partial charge in [0.1, 0.15) is 5.75 Å². The molecule has 0 spiro atoms. The van der Waals surface area contributed by atoms with Crippen molar-refractivity contribution in [1.29, 1.82) is 0 Å². The lowest BCUT2D eigenvalue weighted by Gasteiger charge is -2.11. The van der Waals surface area contributed by atoms with E-state index in [1.54, 1.807) is 12.1 Å². The first-order chi connectivity index (χ1) is 11.8. The van der Waals surface area contributed by atoms with Gasteiger partial charge in [0.05, 0.1) is 16.9 Å². The number of benzene rings is 1. The molecule has 0 atom stereocenters. The van der Waals surface area contributed by atoms with Gasteiger partial charge in [-0.25, -0.2) is 13.1 Å². The number of carbonyl (C=O) groups is 2. The number of carbonyl (C=O) groups excluding carboxylic acids is 1. The van der Waals surface area contributed by atoms with Gasteiger partial charge < -0.3 is 15.2 Å². The summed E-state index contributed by atoms with van der Waals surface area (Å²) in [6.45, 7) is 2.33. The van der Waals surface area contributed by atoms with Crippen LogP contribution in [0.25, 0.3) is 0 Å². The first-order valence-electron chi connectivity index (χ1n) is 8.02. The fraction of sp³-hybridized carbons (Fsp3) is 0.500. The Bertz CT molecular complexity index is 725. The van der Waals surface area contributed by atoms with Gasteiger partial charge in [-0.05, 0) is 44.0 Å². The number of ether oxygens (including phenoxy) is 1. The Hall–Kier alpha value is -2.13. The van der Waals surface area contributed by atoms with Gasteiger partial charge in [0.2, 0.25) is 15.9 Å². The topological polar surface area (TPSA) is 122 Å². The Balaban J connectivity index is 1.77. The summed E-state index contributed by atoms with van der Waals surface area (Å²) in [4.78, 5) is 22.8. The zero-order valence-electron chi connectivity index (χ0n) is 13.9. The summed E-state index contributed by atoms with van der Waals surface area (Å²) in [7, 11) is -3.71. The lowest BCUT2D eigenvalue weighted by atomic mass is 10.1. The molecular formula is C16H22N2O6S. The molecular weight excluding hydrogens is 348 g/mol. The van der Waals surface area contributed by atoms with E-state index in [0.717, 1.165) is 0 Å². The Kier molecular flexibility index (Phi) is 6.02. The molecule has 25 heavy (non-hydrogen) atoms. The van der Waals surface area contributed by atoms with E-state index in [2.05, 4.69) is 10.0 Å². The quantitative estimate of drug-likeness (QED) is 0.558. The number of amides is 1. The van der Waals surface area contributed by atoms with Crippen LogP contribution in [-0.4, -0.2) is 45.1 Å². The van der Waals surface area contributed by atoms with Crippen LogP contribution in [0.5, 0.6) is 5.75 Å². The average molecular weight is 370 g/mol. The molecule has 2 rings (SSSR count). The third kappa shape index (κ3) is 5.17. The Labute approximate surface area is 146 Å². The highest BCUT2D eigenvalue weighted by atomic mass is 32.2. The van der Waals surface area contributed by atoms with Crippen molar-refractivity contribution >= 4 is 21.9 Å². The molecule has 1 saturated carbocycles. The van der Waals surface area contributed by atoms with E-state index in [0.29, 0.717) is 25.2 Å². The van der Waals surface area contributed by atoms with Crippen LogP contribution >= 0.6 is 0 Å². The van der Waals surface area contributed by atoms with Crippen molar-refractivity contribution < 1.29 is 27.9 Å². The summed E-state index contributed by atoms with van der Waals surface area (Å²) in [6.07, 6.45) is 1.03. The Morgan fingerprint density at radius 3 is 2.40 bits per heavy atom. The fourth-order valence-electron chi connectivity index (χ4n) is 2.24. The van der Waals surface area contributed by atoms with Gasteiger partial charge in [-0.1, -0.05) is 0 Å². The number of nitrogens with one attached hydrogen (secondary N) is 2. The van der Waals surface area contributed by atoms with Crippen LogP contribution < -0.4 is 14.8 Å². The number of hydrogen-bond donors (Lipinski definition) is 3. The molecule has 0 aromatic heterocycles. The summed E-state index contributed by atoms with van der Waals surface area (Å²) >= 11 is 0. The summed E-state index contributed by atoms with van der Waals surface area (Å²) < 4.78 is 31.9. The van der Waals surface area contributed by atoms with Crippen LogP contribution in [0.15, 0.2) is 29.2 Å². The molecule has 0 saturated heterocycles. The summed E-state index contributed by atoms with van der Waals surface area (Å²) in [5, 5.41) is 11.6. The van der Waals surface area contributed by atoms with Gasteiger partial charge >= 0.3 is 5.97 Å². The highest BCUT2D eigenvalue weighted by molar-refractivity contribution is 7.89. The number of aliphatic carboxylic acids is 1. The molecule has 1 aromatic carbocycles. The van der Waals surface area contributed by atoms with E-state index in [1.807, 2.05) is 6.92 Å². The van der Waals surface area contributed by atoms with Crippen molar-refractivity contribution in [1.82, 2.24) is 10.0 Å². The molecule has 1 fully saturated rings. The molecule has 1 amide bonds. The van der Waals surface area contributed by atoms with Crippen molar-refractivity contribution in [2.24, 2.45) is 5.41 Å². The van der Waals surface area contributed by atoms with Crippen molar-refractivity contribution in [3.63, 3.8) is 0 Å². The van der Waals surface area contributed by atoms with Gasteiger partial charge in [-0.3, -0.25) is 9.59 Å². The van der Waals surface area contributed by atoms with Gasteiger partial charge in [-0.15, -0.1) is 0 Å². The molecule has 8 nitrogen and oxygen atoms in total. The Morgan fingerprint density at radius 1 is 1.24 bits per heavy atom. The SMILES string of the molecule is CCOc1ccc(S(=O)(=O)NCCC(=O)NCC2(C(=O)O)CC2)cc1. The van der Waals surface area contributed by atoms with Gasteiger partial charge in [0.15, 0.2) is 0 Å². The highest BCUT2D eigenvalue weighted by Gasteiger charge is 2.50. The molecule has 9 heteroatoms. The maximum Gasteiger partial charge on any atom is 0.311 e. The van der Waals surface area contributed by atoms with Crippen LogP contribution in [0.3, 0.4) is 0 Å². The molecule has 1 aromatic rings. The molecule has 0 radical (unpaired) electrons. The predicted molar refractivity (Wildman–Crippen MR) is 89.7 cm³/mol. The van der Waals surface area contributed by atoms with E-state index in [1.165, 1.54) is 12.1 Å². The van der Waals surface area contributed by atoms with Crippen molar-refractivity contribution in [2.75, 3.05) is 19.7 Å². The molecule has 0 aliphatic heterocycles. The van der Waals surface area contributed by atoms with E-state index < -0.39 is 21.4 Å². The van der Waals surface area contributed by atoms with Crippen LogP contribution in [0.2, 0.25) is 0 Å². The summed E-state index contributed by atoms with van der Waals surface area (Å²) in [5.41, 5.74) is -0.836. The van der Waals surface area contributed by atoms with Crippen LogP contribution in [0.1, 0.15) is 26.2 Å². The zero-order valence-corrected chi connectivity index (χ0v) is 14.8. The summed E-state index contributed by atoms with van der Waals surface area (Å²) in [5.74, 6) is -0.723. The minimum absolute atomic E-state index is 0.0635. The smallest absolute Gasteiger partial charge is 0.311 e. The largest absolute Gasteiger partial charge is 0.494 e. The number of sulfonamides is 1. The van der Waals surface area contributed by atoms with E-state index >= 15 is 0 Å². The third-order valence-corrected chi connectivity index (χ3v) is 5.50. The van der Waals surface area contributed by atoms with Crippen molar-refractivity contribution in [3.05, 3.63) is 24.3 Å². The zero-order chi connectivity index (χ0) is 18.5. The molecule has 1 aliphatic rings. The average Bonchev–Trinajstić information content (AvgIpc) is 3.35. The molecule has 0 bridgehead atoms. The van der Waals surface area contributed by atoms with Crippen LogP contribution in [-0.2, 0) is 19.6 Å². The standard InChI is InChI=1S/C16H22N2O6S/c1-2-24-12-3-5-13(6-4-12)25(22,23)18-10-7-14(19)17-11-16(8-9-16)15(20)21/h3-6,18H,2,7-11H2,1H3,(H,17,19)(H,20,21). The monoisotopic (exact) mass is 370 g/mol. The molecule has 0 unspecified atom stereocenters. The van der Waals surface area contributed by atoms with Crippen LogP contribution in [0, 0.1) is 5.41 Å². The minimum atomic E-state index is -3.71. The normalized spacial score (nSPS) is 15.4. The minimum Gasteiger partial charge on any atom is -0.494 e. The van der Waals surface area contributed by atoms with Gasteiger partial charge in [0, 0.05) is 19.5 Å². The predicted octanol–water partition coefficient (Wildman–Crippen LogP) is 0.735. The first-order valence-corrected chi connectivity index (χ1v) is 9.50. The summed E-state index contributed by atoms with van der Waals surface area (Å²) in [6, 6.07) is 5.98. The Morgan fingerprint density at radius 2 is 1.88 bits per heavy atom. The molecule has 0 heterocycles. The fourth-order valence-corrected chi connectivity index (χ4v) is 3.27. The van der Waals surface area contributed by atoms with E-state index in [-0.39, 0.29) is 30.3 Å². The second kappa shape index (κ2) is 7.83. The lowest BCUT2D eigenvalue weighted by Crippen LogP contribution is -2.36. The van der Waals surface area contributed by atoms with E-state index in [9.17, 15) is 18.0 Å². The number of hydrogen-bond acceptors (Lipinski definition) is 5. The van der Waals surface area contributed by atoms with Gasteiger partial charge in [0.25, 0.3) is 0 Å². The van der Waals surface area contributed by atoms with Gasteiger partial charge in [-0.2, -0.15) is 0 Å². The van der Waals surface area contributed by atoms with Crippen molar-refractivity contribution in [2.45, 2.75) is 31.1 Å².